The number of carbonyl (C=O) groups is 1. The summed E-state index contributed by atoms with van der Waals surface area (Å²) in [5.74, 6) is -1.30. The van der Waals surface area contributed by atoms with E-state index in [0.717, 1.165) is 0 Å². The number of ether oxygens (including phenoxy) is 1. The maximum atomic E-state index is 13.8. The van der Waals surface area contributed by atoms with E-state index >= 15 is 0 Å². The minimum absolute atomic E-state index is 0.258. The molecular weight excluding hydrogens is 225 g/mol. The van der Waals surface area contributed by atoms with Gasteiger partial charge in [-0.2, -0.15) is 0 Å². The van der Waals surface area contributed by atoms with Crippen molar-refractivity contribution in [2.24, 2.45) is 5.73 Å². The van der Waals surface area contributed by atoms with Crippen LogP contribution < -0.4 is 10.5 Å². The van der Waals surface area contributed by atoms with Gasteiger partial charge in [-0.05, 0) is 11.6 Å². The summed E-state index contributed by atoms with van der Waals surface area (Å²) in [6.07, 6.45) is 0. The second kappa shape index (κ2) is 4.71. The van der Waals surface area contributed by atoms with Crippen LogP contribution in [0.15, 0.2) is 18.2 Å². The quantitative estimate of drug-likeness (QED) is 0.838. The highest BCUT2D eigenvalue weighted by atomic mass is 19.1. The van der Waals surface area contributed by atoms with E-state index in [1.54, 1.807) is 19.9 Å². The summed E-state index contributed by atoms with van der Waals surface area (Å²) >= 11 is 0. The fourth-order valence-electron chi connectivity index (χ4n) is 1.62. The summed E-state index contributed by atoms with van der Waals surface area (Å²) < 4.78 is 18.7. The van der Waals surface area contributed by atoms with E-state index in [1.807, 2.05) is 0 Å². The van der Waals surface area contributed by atoms with Gasteiger partial charge in [-0.15, -0.1) is 0 Å². The highest BCUT2D eigenvalue weighted by molar-refractivity contribution is 5.75. The summed E-state index contributed by atoms with van der Waals surface area (Å²) in [5.41, 5.74) is 4.83. The molecule has 1 atom stereocenters. The highest BCUT2D eigenvalue weighted by Crippen LogP contribution is 2.30. The van der Waals surface area contributed by atoms with Crippen LogP contribution >= 0.6 is 0 Å². The molecule has 5 heteroatoms. The molecule has 1 unspecified atom stereocenters. The Bertz CT molecular complexity index is 432. The Morgan fingerprint density at radius 3 is 2.53 bits per heavy atom. The van der Waals surface area contributed by atoms with Gasteiger partial charge in [0.25, 0.3) is 0 Å². The average Bonchev–Trinajstić information content (AvgIpc) is 2.27. The lowest BCUT2D eigenvalue weighted by molar-refractivity contribution is -0.140. The molecular formula is C12H16FNO3. The SMILES string of the molecule is COc1ccc(C(C)(C)C(N)C(=O)O)c(F)c1. The van der Waals surface area contributed by atoms with Crippen molar-refractivity contribution in [2.75, 3.05) is 7.11 Å². The molecule has 94 valence electrons. The van der Waals surface area contributed by atoms with Crippen molar-refractivity contribution < 1.29 is 19.0 Å². The maximum absolute atomic E-state index is 13.8. The molecule has 3 N–H and O–H groups in total. The molecule has 4 nitrogen and oxygen atoms in total. The molecule has 0 bridgehead atoms. The number of carboxylic acid groups (broad SMARTS) is 1. The molecule has 1 rings (SSSR count). The number of hydrogen-bond donors (Lipinski definition) is 2. The molecule has 0 aliphatic carbocycles. The van der Waals surface area contributed by atoms with Crippen molar-refractivity contribution in [3.63, 3.8) is 0 Å². The molecule has 1 aromatic rings. The van der Waals surface area contributed by atoms with Crippen LogP contribution in [0.3, 0.4) is 0 Å². The molecule has 0 heterocycles. The number of rotatable bonds is 4. The van der Waals surface area contributed by atoms with Crippen LogP contribution in [0.5, 0.6) is 5.75 Å². The first-order valence-corrected chi connectivity index (χ1v) is 5.13. The highest BCUT2D eigenvalue weighted by Gasteiger charge is 2.35. The summed E-state index contributed by atoms with van der Waals surface area (Å²) in [5, 5.41) is 8.90. The predicted molar refractivity (Wildman–Crippen MR) is 61.6 cm³/mol. The number of halogens is 1. The molecule has 0 aliphatic heterocycles. The Hall–Kier alpha value is -1.62. The van der Waals surface area contributed by atoms with E-state index in [4.69, 9.17) is 15.6 Å². The van der Waals surface area contributed by atoms with Crippen molar-refractivity contribution in [1.29, 1.82) is 0 Å². The van der Waals surface area contributed by atoms with Gasteiger partial charge in [-0.3, -0.25) is 4.79 Å². The first-order valence-electron chi connectivity index (χ1n) is 5.13. The fraction of sp³-hybridized carbons (Fsp3) is 0.417. The first kappa shape index (κ1) is 13.4. The van der Waals surface area contributed by atoms with Crippen molar-refractivity contribution >= 4 is 5.97 Å². The van der Waals surface area contributed by atoms with E-state index < -0.39 is 23.2 Å². The predicted octanol–water partition coefficient (Wildman–Crippen LogP) is 1.52. The summed E-state index contributed by atoms with van der Waals surface area (Å²) in [7, 11) is 1.43. The van der Waals surface area contributed by atoms with Crippen LogP contribution in [0.25, 0.3) is 0 Å². The zero-order valence-corrected chi connectivity index (χ0v) is 10.0. The topological polar surface area (TPSA) is 72.5 Å². The summed E-state index contributed by atoms with van der Waals surface area (Å²) in [6.45, 7) is 3.19. The average molecular weight is 241 g/mol. The largest absolute Gasteiger partial charge is 0.497 e. The number of aliphatic carboxylic acids is 1. The first-order chi connectivity index (χ1) is 7.80. The van der Waals surface area contributed by atoms with Gasteiger partial charge in [-0.1, -0.05) is 19.9 Å². The molecule has 17 heavy (non-hydrogen) atoms. The monoisotopic (exact) mass is 241 g/mol. The Morgan fingerprint density at radius 2 is 2.12 bits per heavy atom. The van der Waals surface area contributed by atoms with Gasteiger partial charge in [0.1, 0.15) is 17.6 Å². The van der Waals surface area contributed by atoms with Crippen LogP contribution in [0.4, 0.5) is 4.39 Å². The summed E-state index contributed by atoms with van der Waals surface area (Å²) in [6, 6.07) is 3.11. The number of methoxy groups -OCH3 is 1. The number of benzene rings is 1. The zero-order valence-electron chi connectivity index (χ0n) is 10.0. The van der Waals surface area contributed by atoms with Crippen LogP contribution in [-0.2, 0) is 10.2 Å². The lowest BCUT2D eigenvalue weighted by Gasteiger charge is -2.29. The van der Waals surface area contributed by atoms with Gasteiger partial charge in [0.05, 0.1) is 7.11 Å². The summed E-state index contributed by atoms with van der Waals surface area (Å²) in [4.78, 5) is 10.9. The minimum atomic E-state index is -1.18. The Morgan fingerprint density at radius 1 is 1.53 bits per heavy atom. The Balaban J connectivity index is 3.19. The molecule has 0 fully saturated rings. The van der Waals surface area contributed by atoms with Gasteiger partial charge in [0.2, 0.25) is 0 Å². The molecule has 0 saturated carbocycles. The standard InChI is InChI=1S/C12H16FNO3/c1-12(2,10(14)11(15)16)8-5-4-7(17-3)6-9(8)13/h4-6,10H,14H2,1-3H3,(H,15,16). The molecule has 0 amide bonds. The third-order valence-corrected chi connectivity index (χ3v) is 2.91. The van der Waals surface area contributed by atoms with Gasteiger partial charge in [0, 0.05) is 11.5 Å². The van der Waals surface area contributed by atoms with Gasteiger partial charge < -0.3 is 15.6 Å². The van der Waals surface area contributed by atoms with E-state index in [-0.39, 0.29) is 5.56 Å². The number of hydrogen-bond acceptors (Lipinski definition) is 3. The van der Waals surface area contributed by atoms with Crippen molar-refractivity contribution in [1.82, 2.24) is 0 Å². The smallest absolute Gasteiger partial charge is 0.321 e. The van der Waals surface area contributed by atoms with Crippen LogP contribution in [0.1, 0.15) is 19.4 Å². The number of nitrogens with two attached hydrogens (primary N) is 1. The van der Waals surface area contributed by atoms with Crippen molar-refractivity contribution in [3.05, 3.63) is 29.6 Å². The second-order valence-electron chi connectivity index (χ2n) is 4.38. The third-order valence-electron chi connectivity index (χ3n) is 2.91. The van der Waals surface area contributed by atoms with Crippen molar-refractivity contribution in [2.45, 2.75) is 25.3 Å². The van der Waals surface area contributed by atoms with Gasteiger partial charge in [-0.25, -0.2) is 4.39 Å². The normalized spacial score (nSPS) is 13.2. The molecule has 0 aromatic heterocycles. The zero-order chi connectivity index (χ0) is 13.2. The van der Waals surface area contributed by atoms with Crippen LogP contribution in [-0.4, -0.2) is 24.2 Å². The number of carboxylic acids is 1. The molecule has 1 aromatic carbocycles. The molecule has 0 spiro atoms. The Labute approximate surface area is 99.2 Å². The van der Waals surface area contributed by atoms with E-state index in [9.17, 15) is 9.18 Å². The molecule has 0 radical (unpaired) electrons. The lowest BCUT2D eigenvalue weighted by Crippen LogP contribution is -2.47. The van der Waals surface area contributed by atoms with Gasteiger partial charge in [0.15, 0.2) is 0 Å². The molecule has 0 aliphatic rings. The maximum Gasteiger partial charge on any atom is 0.321 e. The molecule has 0 saturated heterocycles. The van der Waals surface area contributed by atoms with Crippen molar-refractivity contribution in [3.8, 4) is 5.75 Å². The van der Waals surface area contributed by atoms with E-state index in [0.29, 0.717) is 5.75 Å². The van der Waals surface area contributed by atoms with E-state index in [2.05, 4.69) is 0 Å². The lowest BCUT2D eigenvalue weighted by atomic mass is 9.78. The minimum Gasteiger partial charge on any atom is -0.497 e. The van der Waals surface area contributed by atoms with Gasteiger partial charge >= 0.3 is 5.97 Å². The fourth-order valence-corrected chi connectivity index (χ4v) is 1.62. The van der Waals surface area contributed by atoms with Crippen LogP contribution in [0, 0.1) is 5.82 Å². The van der Waals surface area contributed by atoms with E-state index in [1.165, 1.54) is 19.2 Å². The third kappa shape index (κ3) is 2.55. The Kier molecular flexibility index (Phi) is 3.72. The second-order valence-corrected chi connectivity index (χ2v) is 4.38. The van der Waals surface area contributed by atoms with Crippen LogP contribution in [0.2, 0.25) is 0 Å².